The Morgan fingerprint density at radius 1 is 1.38 bits per heavy atom. The number of nitrogens with zero attached hydrogens (tertiary/aromatic N) is 1. The van der Waals surface area contributed by atoms with Crippen molar-refractivity contribution in [2.45, 2.75) is 77.4 Å². The molecule has 1 aliphatic heterocycles. The van der Waals surface area contributed by atoms with E-state index in [9.17, 15) is 4.79 Å². The first-order valence-electron chi connectivity index (χ1n) is 8.65. The third kappa shape index (κ3) is 4.43. The highest BCUT2D eigenvalue weighted by molar-refractivity contribution is 5.80. The minimum atomic E-state index is -0.526. The fraction of sp³-hybridized carbons (Fsp3) is 0.941. The fourth-order valence-corrected chi connectivity index (χ4v) is 3.45. The molecule has 1 saturated heterocycles. The quantitative estimate of drug-likeness (QED) is 0.699. The van der Waals surface area contributed by atoms with E-state index in [2.05, 4.69) is 24.1 Å². The summed E-state index contributed by atoms with van der Waals surface area (Å²) >= 11 is 0. The Bertz CT molecular complexity index is 355. The first-order chi connectivity index (χ1) is 9.96. The van der Waals surface area contributed by atoms with Crippen molar-refractivity contribution in [1.82, 2.24) is 10.2 Å². The van der Waals surface area contributed by atoms with Crippen LogP contribution >= 0.6 is 0 Å². The molecule has 0 aromatic heterocycles. The van der Waals surface area contributed by atoms with E-state index in [1.165, 1.54) is 32.2 Å². The zero-order chi connectivity index (χ0) is 15.5. The van der Waals surface area contributed by atoms with Gasteiger partial charge in [-0.1, -0.05) is 13.8 Å². The van der Waals surface area contributed by atoms with E-state index >= 15 is 0 Å². The van der Waals surface area contributed by atoms with Gasteiger partial charge in [0.15, 0.2) is 0 Å². The number of likely N-dealkylation sites (tertiary alicyclic amines) is 1. The largest absolute Gasteiger partial charge is 0.465 e. The van der Waals surface area contributed by atoms with E-state index in [1.807, 2.05) is 13.8 Å². The van der Waals surface area contributed by atoms with E-state index in [0.29, 0.717) is 24.6 Å². The summed E-state index contributed by atoms with van der Waals surface area (Å²) in [6.07, 6.45) is 5.80. The zero-order valence-corrected chi connectivity index (χ0v) is 14.2. The lowest BCUT2D eigenvalue weighted by Gasteiger charge is -2.33. The van der Waals surface area contributed by atoms with Gasteiger partial charge in [0.05, 0.1) is 6.61 Å². The first kappa shape index (κ1) is 16.8. The Labute approximate surface area is 129 Å². The molecule has 1 N–H and O–H groups in total. The highest BCUT2D eigenvalue weighted by atomic mass is 16.5. The van der Waals surface area contributed by atoms with E-state index < -0.39 is 5.54 Å². The summed E-state index contributed by atoms with van der Waals surface area (Å²) in [5.41, 5.74) is -0.526. The van der Waals surface area contributed by atoms with Gasteiger partial charge in [0.25, 0.3) is 0 Å². The molecule has 0 amide bonds. The number of carbonyl (C=O) groups excluding carboxylic acids is 1. The third-order valence-electron chi connectivity index (χ3n) is 4.91. The molecular formula is C17H32N2O2. The predicted molar refractivity (Wildman–Crippen MR) is 85.2 cm³/mol. The number of rotatable bonds is 8. The lowest BCUT2D eigenvalue weighted by atomic mass is 9.96. The Hall–Kier alpha value is -0.610. The predicted octanol–water partition coefficient (Wildman–Crippen LogP) is 2.57. The summed E-state index contributed by atoms with van der Waals surface area (Å²) in [7, 11) is 0. The van der Waals surface area contributed by atoms with Crippen molar-refractivity contribution < 1.29 is 9.53 Å². The van der Waals surface area contributed by atoms with Crippen molar-refractivity contribution in [3.05, 3.63) is 0 Å². The Kier molecular flexibility index (Phi) is 5.67. The molecule has 1 heterocycles. The van der Waals surface area contributed by atoms with Crippen molar-refractivity contribution >= 4 is 5.97 Å². The molecule has 1 aliphatic carbocycles. The molecule has 0 spiro atoms. The van der Waals surface area contributed by atoms with Crippen LogP contribution in [-0.4, -0.2) is 48.2 Å². The number of hydrogen-bond donors (Lipinski definition) is 1. The second-order valence-electron chi connectivity index (χ2n) is 7.21. The highest BCUT2D eigenvalue weighted by Crippen LogP contribution is 2.28. The molecule has 1 saturated carbocycles. The minimum absolute atomic E-state index is 0.0859. The maximum Gasteiger partial charge on any atom is 0.326 e. The van der Waals surface area contributed by atoms with Gasteiger partial charge >= 0.3 is 5.97 Å². The fourth-order valence-electron chi connectivity index (χ4n) is 3.45. The van der Waals surface area contributed by atoms with Gasteiger partial charge < -0.3 is 9.64 Å². The van der Waals surface area contributed by atoms with Crippen LogP contribution in [0.25, 0.3) is 0 Å². The first-order valence-corrected chi connectivity index (χ1v) is 8.65. The van der Waals surface area contributed by atoms with E-state index in [0.717, 1.165) is 13.0 Å². The molecule has 21 heavy (non-hydrogen) atoms. The third-order valence-corrected chi connectivity index (χ3v) is 4.91. The van der Waals surface area contributed by atoms with E-state index in [4.69, 9.17) is 4.74 Å². The molecule has 2 unspecified atom stereocenters. The van der Waals surface area contributed by atoms with Crippen molar-refractivity contribution in [3.63, 3.8) is 0 Å². The van der Waals surface area contributed by atoms with Gasteiger partial charge in [0.1, 0.15) is 5.54 Å². The second kappa shape index (κ2) is 7.10. The van der Waals surface area contributed by atoms with Crippen LogP contribution in [-0.2, 0) is 9.53 Å². The molecule has 122 valence electrons. The molecule has 0 aromatic rings. The van der Waals surface area contributed by atoms with Crippen LogP contribution in [0.4, 0.5) is 0 Å². The van der Waals surface area contributed by atoms with Crippen molar-refractivity contribution in [1.29, 1.82) is 0 Å². The SMILES string of the molecule is CCOC(=O)C(C)(CCN1CCCC1C(C)C)NC1CC1. The normalized spacial score (nSPS) is 26.0. The molecule has 2 rings (SSSR count). The van der Waals surface area contributed by atoms with Crippen molar-refractivity contribution in [2.75, 3.05) is 19.7 Å². The highest BCUT2D eigenvalue weighted by Gasteiger charge is 2.40. The lowest BCUT2D eigenvalue weighted by molar-refractivity contribution is -0.151. The van der Waals surface area contributed by atoms with Gasteiger partial charge in [-0.3, -0.25) is 10.1 Å². The van der Waals surface area contributed by atoms with Gasteiger partial charge in [0.2, 0.25) is 0 Å². The van der Waals surface area contributed by atoms with Gasteiger partial charge in [-0.05, 0) is 58.4 Å². The zero-order valence-electron chi connectivity index (χ0n) is 14.2. The maximum atomic E-state index is 12.3. The number of esters is 1. The standard InChI is InChI=1S/C17H32N2O2/c1-5-21-16(20)17(4,18-14-8-9-14)10-12-19-11-6-7-15(19)13(2)3/h13-15,18H,5-12H2,1-4H3. The molecule has 0 radical (unpaired) electrons. The molecule has 4 nitrogen and oxygen atoms in total. The molecule has 2 aliphatic rings. The molecule has 2 atom stereocenters. The van der Waals surface area contributed by atoms with Crippen LogP contribution in [0.15, 0.2) is 0 Å². The smallest absolute Gasteiger partial charge is 0.326 e. The number of nitrogens with one attached hydrogen (secondary N) is 1. The van der Waals surface area contributed by atoms with Crippen molar-refractivity contribution in [2.24, 2.45) is 5.92 Å². The lowest BCUT2D eigenvalue weighted by Crippen LogP contribution is -2.53. The van der Waals surface area contributed by atoms with Crippen molar-refractivity contribution in [3.8, 4) is 0 Å². The molecule has 4 heteroatoms. The van der Waals surface area contributed by atoms with Crippen LogP contribution < -0.4 is 5.32 Å². The van der Waals surface area contributed by atoms with Crippen LogP contribution in [0, 0.1) is 5.92 Å². The van der Waals surface area contributed by atoms with Crippen LogP contribution in [0.2, 0.25) is 0 Å². The molecular weight excluding hydrogens is 264 g/mol. The van der Waals surface area contributed by atoms with E-state index in [1.54, 1.807) is 0 Å². The van der Waals surface area contributed by atoms with Crippen LogP contribution in [0.5, 0.6) is 0 Å². The molecule has 0 bridgehead atoms. The summed E-state index contributed by atoms with van der Waals surface area (Å²) < 4.78 is 5.31. The van der Waals surface area contributed by atoms with Gasteiger partial charge in [0, 0.05) is 18.6 Å². The topological polar surface area (TPSA) is 41.6 Å². The van der Waals surface area contributed by atoms with E-state index in [-0.39, 0.29) is 5.97 Å². The second-order valence-corrected chi connectivity index (χ2v) is 7.21. The molecule has 2 fully saturated rings. The Balaban J connectivity index is 1.93. The van der Waals surface area contributed by atoms with Crippen LogP contribution in [0.1, 0.15) is 59.8 Å². The van der Waals surface area contributed by atoms with Gasteiger partial charge in [-0.2, -0.15) is 0 Å². The number of hydrogen-bond acceptors (Lipinski definition) is 4. The summed E-state index contributed by atoms with van der Waals surface area (Å²) in [4.78, 5) is 14.9. The van der Waals surface area contributed by atoms with Gasteiger partial charge in [-0.25, -0.2) is 0 Å². The van der Waals surface area contributed by atoms with Crippen LogP contribution in [0.3, 0.4) is 0 Å². The molecule has 0 aromatic carbocycles. The Morgan fingerprint density at radius 2 is 2.10 bits per heavy atom. The number of ether oxygens (including phenoxy) is 1. The average molecular weight is 296 g/mol. The minimum Gasteiger partial charge on any atom is -0.465 e. The summed E-state index contributed by atoms with van der Waals surface area (Å²) in [6.45, 7) is 11.1. The number of carbonyl (C=O) groups is 1. The summed E-state index contributed by atoms with van der Waals surface area (Å²) in [5, 5.41) is 3.52. The maximum absolute atomic E-state index is 12.3. The average Bonchev–Trinajstić information content (AvgIpc) is 3.10. The summed E-state index contributed by atoms with van der Waals surface area (Å²) in [5.74, 6) is 0.606. The van der Waals surface area contributed by atoms with Gasteiger partial charge in [-0.15, -0.1) is 0 Å². The Morgan fingerprint density at radius 3 is 2.67 bits per heavy atom. The monoisotopic (exact) mass is 296 g/mol. The summed E-state index contributed by atoms with van der Waals surface area (Å²) in [6, 6.07) is 1.19.